The lowest BCUT2D eigenvalue weighted by molar-refractivity contribution is -0.159. The maximum atomic E-state index is 11.4. The molecule has 0 aromatic heterocycles. The van der Waals surface area contributed by atoms with Crippen LogP contribution in [-0.2, 0) is 19.0 Å². The van der Waals surface area contributed by atoms with Crippen LogP contribution in [0.5, 0.6) is 0 Å². The van der Waals surface area contributed by atoms with Gasteiger partial charge in [-0.15, -0.1) is 0 Å². The normalized spacial score (nSPS) is 38.3. The lowest BCUT2D eigenvalue weighted by Crippen LogP contribution is -2.50. The van der Waals surface area contributed by atoms with Gasteiger partial charge in [0.15, 0.2) is 6.29 Å². The van der Waals surface area contributed by atoms with E-state index in [2.05, 4.69) is 27.4 Å². The molecule has 0 bridgehead atoms. The highest BCUT2D eigenvalue weighted by molar-refractivity contribution is 5.66. The Morgan fingerprint density at radius 1 is 1.31 bits per heavy atom. The van der Waals surface area contributed by atoms with E-state index in [1.54, 1.807) is 6.26 Å². The van der Waals surface area contributed by atoms with Crippen molar-refractivity contribution in [2.45, 2.75) is 105 Å². The number of hydrogen-bond acceptors (Lipinski definition) is 4. The zero-order valence-corrected chi connectivity index (χ0v) is 19.3. The first-order chi connectivity index (χ1) is 13.5. The van der Waals surface area contributed by atoms with Gasteiger partial charge in [0.25, 0.3) is 0 Å². The van der Waals surface area contributed by atoms with Crippen LogP contribution in [0, 0.1) is 22.7 Å². The molecular formula is C25H40O4. The van der Waals surface area contributed by atoms with E-state index in [4.69, 9.17) is 14.2 Å². The highest BCUT2D eigenvalue weighted by Crippen LogP contribution is 2.62. The zero-order chi connectivity index (χ0) is 21.4. The summed E-state index contributed by atoms with van der Waals surface area (Å²) in [6, 6.07) is 0. The quantitative estimate of drug-likeness (QED) is 0.313. The molecule has 1 saturated heterocycles. The predicted octanol–water partition coefficient (Wildman–Crippen LogP) is 6.16. The lowest BCUT2D eigenvalue weighted by Gasteiger charge is -2.58. The Hall–Kier alpha value is -1.13. The molecule has 0 N–H and O–H groups in total. The molecule has 4 heteroatoms. The molecule has 0 spiro atoms. The first-order valence-electron chi connectivity index (χ1n) is 11.4. The van der Waals surface area contributed by atoms with E-state index in [-0.39, 0.29) is 29.9 Å². The van der Waals surface area contributed by atoms with E-state index in [1.807, 2.05) is 13.8 Å². The van der Waals surface area contributed by atoms with Crippen LogP contribution in [0.1, 0.15) is 86.5 Å². The topological polar surface area (TPSA) is 44.8 Å². The minimum Gasteiger partial charge on any atom is -0.435 e. The van der Waals surface area contributed by atoms with Gasteiger partial charge < -0.3 is 14.2 Å². The number of fused-ring (bicyclic) bond motifs is 1. The molecule has 0 aromatic carbocycles. The van der Waals surface area contributed by atoms with Gasteiger partial charge in [-0.05, 0) is 74.2 Å². The summed E-state index contributed by atoms with van der Waals surface area (Å²) in [7, 11) is 0. The summed E-state index contributed by atoms with van der Waals surface area (Å²) in [5, 5.41) is 0. The van der Waals surface area contributed by atoms with E-state index >= 15 is 0 Å². The SMILES string of the molecule is C=C1CCC2C(C)(C)CCCC2(C)C1CC1OC(OC(C)C)CC1=COC(C)=O. The molecule has 29 heavy (non-hydrogen) atoms. The molecule has 1 aliphatic heterocycles. The number of carbonyl (C=O) groups is 1. The van der Waals surface area contributed by atoms with Crippen molar-refractivity contribution >= 4 is 5.97 Å². The van der Waals surface area contributed by atoms with Crippen molar-refractivity contribution in [1.29, 1.82) is 0 Å². The number of carbonyl (C=O) groups excluding carboxylic acids is 1. The van der Waals surface area contributed by atoms with Gasteiger partial charge in [-0.2, -0.15) is 0 Å². The summed E-state index contributed by atoms with van der Waals surface area (Å²) in [6.07, 6.45) is 9.10. The number of allylic oxidation sites excluding steroid dienone is 1. The molecule has 5 unspecified atom stereocenters. The monoisotopic (exact) mass is 404 g/mol. The first kappa shape index (κ1) is 22.6. The summed E-state index contributed by atoms with van der Waals surface area (Å²) in [6.45, 7) is 17.4. The Morgan fingerprint density at radius 3 is 2.69 bits per heavy atom. The Balaban J connectivity index is 1.83. The van der Waals surface area contributed by atoms with E-state index < -0.39 is 0 Å². The van der Waals surface area contributed by atoms with Crippen LogP contribution in [0.3, 0.4) is 0 Å². The first-order valence-corrected chi connectivity index (χ1v) is 11.4. The van der Waals surface area contributed by atoms with Gasteiger partial charge in [-0.1, -0.05) is 39.3 Å². The fourth-order valence-corrected chi connectivity index (χ4v) is 6.44. The maximum Gasteiger partial charge on any atom is 0.307 e. The van der Waals surface area contributed by atoms with Crippen molar-refractivity contribution in [1.82, 2.24) is 0 Å². The highest BCUT2D eigenvalue weighted by Gasteiger charge is 2.53. The molecule has 5 atom stereocenters. The van der Waals surface area contributed by atoms with Gasteiger partial charge in [0.1, 0.15) is 0 Å². The second-order valence-electron chi connectivity index (χ2n) is 10.6. The Morgan fingerprint density at radius 2 is 2.03 bits per heavy atom. The smallest absolute Gasteiger partial charge is 0.307 e. The zero-order valence-electron chi connectivity index (χ0n) is 19.3. The van der Waals surface area contributed by atoms with Gasteiger partial charge in [0.2, 0.25) is 0 Å². The van der Waals surface area contributed by atoms with Gasteiger partial charge in [-0.3, -0.25) is 4.79 Å². The van der Waals surface area contributed by atoms with Crippen molar-refractivity contribution in [2.24, 2.45) is 22.7 Å². The van der Waals surface area contributed by atoms with Crippen LogP contribution in [0.25, 0.3) is 0 Å². The average Bonchev–Trinajstić information content (AvgIpc) is 2.96. The summed E-state index contributed by atoms with van der Waals surface area (Å²) in [5.74, 6) is 0.834. The maximum absolute atomic E-state index is 11.4. The molecule has 4 nitrogen and oxygen atoms in total. The largest absolute Gasteiger partial charge is 0.435 e. The molecule has 3 rings (SSSR count). The van der Waals surface area contributed by atoms with Gasteiger partial charge in [-0.25, -0.2) is 0 Å². The molecule has 2 aliphatic carbocycles. The number of ether oxygens (including phenoxy) is 3. The van der Waals surface area contributed by atoms with Crippen LogP contribution in [0.4, 0.5) is 0 Å². The third kappa shape index (κ3) is 4.80. The highest BCUT2D eigenvalue weighted by atomic mass is 16.7. The number of rotatable bonds is 5. The van der Waals surface area contributed by atoms with E-state index in [0.29, 0.717) is 23.7 Å². The standard InChI is InChI=1S/C25H40O4/c1-16(2)28-23-13-19(15-27-18(4)26)21(29-23)14-20-17(3)9-10-22-24(5,6)11-8-12-25(20,22)7/h15-16,20-23H,3,8-14H2,1-2,4-7H3. The van der Waals surface area contributed by atoms with Crippen LogP contribution in [0.15, 0.2) is 24.0 Å². The Labute approximate surface area is 177 Å². The van der Waals surface area contributed by atoms with Crippen molar-refractivity contribution < 1.29 is 19.0 Å². The molecular weight excluding hydrogens is 364 g/mol. The molecule has 3 aliphatic rings. The molecule has 164 valence electrons. The van der Waals surface area contributed by atoms with Crippen LogP contribution < -0.4 is 0 Å². The third-order valence-corrected chi connectivity index (χ3v) is 7.70. The van der Waals surface area contributed by atoms with Gasteiger partial charge >= 0.3 is 5.97 Å². The fourth-order valence-electron chi connectivity index (χ4n) is 6.44. The number of esters is 1. The third-order valence-electron chi connectivity index (χ3n) is 7.70. The van der Waals surface area contributed by atoms with Gasteiger partial charge in [0.05, 0.1) is 18.5 Å². The predicted molar refractivity (Wildman–Crippen MR) is 115 cm³/mol. The Kier molecular flexibility index (Phi) is 6.65. The van der Waals surface area contributed by atoms with Crippen molar-refractivity contribution in [3.63, 3.8) is 0 Å². The Bertz CT molecular complexity index is 662. The van der Waals surface area contributed by atoms with Crippen LogP contribution >= 0.6 is 0 Å². The molecule has 1 heterocycles. The summed E-state index contributed by atoms with van der Waals surface area (Å²) < 4.78 is 17.5. The van der Waals surface area contributed by atoms with Crippen molar-refractivity contribution in [3.05, 3.63) is 24.0 Å². The minimum absolute atomic E-state index is 0.0829. The molecule has 0 amide bonds. The van der Waals surface area contributed by atoms with E-state index in [0.717, 1.165) is 18.4 Å². The second-order valence-corrected chi connectivity index (χ2v) is 10.6. The second kappa shape index (κ2) is 8.55. The van der Waals surface area contributed by atoms with Crippen molar-refractivity contribution in [3.8, 4) is 0 Å². The van der Waals surface area contributed by atoms with Gasteiger partial charge in [0, 0.05) is 13.3 Å². The van der Waals surface area contributed by atoms with Crippen LogP contribution in [0.2, 0.25) is 0 Å². The van der Waals surface area contributed by atoms with Crippen LogP contribution in [-0.4, -0.2) is 24.5 Å². The van der Waals surface area contributed by atoms with E-state index in [1.165, 1.54) is 38.2 Å². The molecule has 0 aromatic rings. The minimum atomic E-state index is -0.299. The molecule has 3 fully saturated rings. The average molecular weight is 405 g/mol. The summed E-state index contributed by atoms with van der Waals surface area (Å²) in [4.78, 5) is 11.4. The molecule has 2 saturated carbocycles. The summed E-state index contributed by atoms with van der Waals surface area (Å²) in [5.41, 5.74) is 3.02. The summed E-state index contributed by atoms with van der Waals surface area (Å²) >= 11 is 0. The van der Waals surface area contributed by atoms with Crippen molar-refractivity contribution in [2.75, 3.05) is 0 Å². The lowest BCUT2D eigenvalue weighted by atomic mass is 9.47. The van der Waals surface area contributed by atoms with E-state index in [9.17, 15) is 4.79 Å². The molecule has 0 radical (unpaired) electrons. The fraction of sp³-hybridized carbons (Fsp3) is 0.800. The number of hydrogen-bond donors (Lipinski definition) is 0.